The van der Waals surface area contributed by atoms with E-state index < -0.39 is 12.0 Å². The molecule has 0 saturated carbocycles. The van der Waals surface area contributed by atoms with Crippen LogP contribution < -0.4 is 11.5 Å². The van der Waals surface area contributed by atoms with Crippen molar-refractivity contribution in [3.63, 3.8) is 0 Å². The second-order valence-corrected chi connectivity index (χ2v) is 2.80. The standard InChI is InChI=1S/C8H11N3O2/c1-4-2-5(6(9)8(12)13)7(10)11-3-4/h2-3,6H,9H2,1H3,(H2,10,11)(H,12,13)/t6-/m1/s1. The summed E-state index contributed by atoms with van der Waals surface area (Å²) in [5, 5.41) is 8.64. The molecule has 70 valence electrons. The van der Waals surface area contributed by atoms with Crippen molar-refractivity contribution in [3.8, 4) is 0 Å². The minimum atomic E-state index is -1.11. The number of rotatable bonds is 2. The van der Waals surface area contributed by atoms with Gasteiger partial charge in [0.25, 0.3) is 0 Å². The number of carboxylic acid groups (broad SMARTS) is 1. The number of anilines is 1. The average molecular weight is 181 g/mol. The van der Waals surface area contributed by atoms with E-state index in [1.54, 1.807) is 19.2 Å². The highest BCUT2D eigenvalue weighted by Gasteiger charge is 2.17. The maximum absolute atomic E-state index is 10.6. The molecule has 1 atom stereocenters. The highest BCUT2D eigenvalue weighted by atomic mass is 16.4. The van der Waals surface area contributed by atoms with E-state index in [2.05, 4.69) is 4.98 Å². The summed E-state index contributed by atoms with van der Waals surface area (Å²) in [7, 11) is 0. The minimum Gasteiger partial charge on any atom is -0.480 e. The third-order valence-corrected chi connectivity index (χ3v) is 1.69. The van der Waals surface area contributed by atoms with Gasteiger partial charge in [0.05, 0.1) is 0 Å². The summed E-state index contributed by atoms with van der Waals surface area (Å²) in [6.45, 7) is 1.80. The molecule has 5 N–H and O–H groups in total. The van der Waals surface area contributed by atoms with Gasteiger partial charge >= 0.3 is 5.97 Å². The number of pyridine rings is 1. The molecule has 13 heavy (non-hydrogen) atoms. The van der Waals surface area contributed by atoms with Crippen molar-refractivity contribution in [3.05, 3.63) is 23.4 Å². The van der Waals surface area contributed by atoms with E-state index in [0.717, 1.165) is 5.56 Å². The molecule has 1 aromatic rings. The van der Waals surface area contributed by atoms with Crippen LogP contribution in [0.15, 0.2) is 12.3 Å². The normalized spacial score (nSPS) is 12.5. The predicted molar refractivity (Wildman–Crippen MR) is 48.0 cm³/mol. The molecule has 1 rings (SSSR count). The first-order valence-corrected chi connectivity index (χ1v) is 3.72. The fourth-order valence-corrected chi connectivity index (χ4v) is 0.985. The Morgan fingerprint density at radius 3 is 2.85 bits per heavy atom. The van der Waals surface area contributed by atoms with Crippen LogP contribution in [0.5, 0.6) is 0 Å². The highest BCUT2D eigenvalue weighted by molar-refractivity contribution is 5.77. The van der Waals surface area contributed by atoms with Gasteiger partial charge in [0.1, 0.15) is 11.9 Å². The first kappa shape index (κ1) is 9.47. The number of aliphatic carboxylic acids is 1. The first-order chi connectivity index (χ1) is 6.02. The quantitative estimate of drug-likeness (QED) is 0.598. The summed E-state index contributed by atoms with van der Waals surface area (Å²) in [6.07, 6.45) is 1.56. The van der Waals surface area contributed by atoms with Crippen LogP contribution >= 0.6 is 0 Å². The van der Waals surface area contributed by atoms with Crippen LogP contribution in [-0.4, -0.2) is 16.1 Å². The Labute approximate surface area is 75.4 Å². The van der Waals surface area contributed by atoms with E-state index in [9.17, 15) is 4.79 Å². The van der Waals surface area contributed by atoms with Crippen LogP contribution in [0.25, 0.3) is 0 Å². The molecule has 0 spiro atoms. The zero-order valence-corrected chi connectivity index (χ0v) is 7.19. The van der Waals surface area contributed by atoms with Crippen molar-refractivity contribution >= 4 is 11.8 Å². The number of carbonyl (C=O) groups is 1. The Hall–Kier alpha value is -1.62. The van der Waals surface area contributed by atoms with Gasteiger partial charge in [0.2, 0.25) is 0 Å². The number of nitrogens with zero attached hydrogens (tertiary/aromatic N) is 1. The second kappa shape index (κ2) is 3.40. The van der Waals surface area contributed by atoms with Crippen LogP contribution in [0.3, 0.4) is 0 Å². The Kier molecular flexibility index (Phi) is 2.48. The Balaban J connectivity index is 3.12. The van der Waals surface area contributed by atoms with Crippen LogP contribution in [0.1, 0.15) is 17.2 Å². The topological polar surface area (TPSA) is 102 Å². The molecule has 0 aromatic carbocycles. The molecule has 1 heterocycles. The molecular formula is C8H11N3O2. The maximum atomic E-state index is 10.6. The molecule has 0 radical (unpaired) electrons. The zero-order valence-electron chi connectivity index (χ0n) is 7.19. The van der Waals surface area contributed by atoms with Gasteiger partial charge in [-0.25, -0.2) is 4.98 Å². The van der Waals surface area contributed by atoms with Gasteiger partial charge in [-0.15, -0.1) is 0 Å². The minimum absolute atomic E-state index is 0.167. The second-order valence-electron chi connectivity index (χ2n) is 2.80. The number of carboxylic acids is 1. The maximum Gasteiger partial charge on any atom is 0.325 e. The summed E-state index contributed by atoms with van der Waals surface area (Å²) in [4.78, 5) is 14.4. The van der Waals surface area contributed by atoms with Crippen molar-refractivity contribution in [1.29, 1.82) is 0 Å². The molecule has 0 aliphatic rings. The van der Waals surface area contributed by atoms with Crippen LogP contribution in [-0.2, 0) is 4.79 Å². The summed E-state index contributed by atoms with van der Waals surface area (Å²) >= 11 is 0. The predicted octanol–water partition coefficient (Wildman–Crippen LogP) is 0.0566. The number of nitrogen functional groups attached to an aromatic ring is 1. The molecule has 0 aliphatic heterocycles. The number of hydrogen-bond donors (Lipinski definition) is 3. The molecule has 0 saturated heterocycles. The van der Waals surface area contributed by atoms with E-state index in [0.29, 0.717) is 5.56 Å². The van der Waals surface area contributed by atoms with Crippen LogP contribution in [0.4, 0.5) is 5.82 Å². The SMILES string of the molecule is Cc1cnc(N)c([C@@H](N)C(=O)O)c1. The summed E-state index contributed by atoms with van der Waals surface area (Å²) in [6, 6.07) is 0.522. The van der Waals surface area contributed by atoms with Gasteiger partial charge in [-0.1, -0.05) is 0 Å². The van der Waals surface area contributed by atoms with Crippen LogP contribution in [0.2, 0.25) is 0 Å². The molecule has 1 aromatic heterocycles. The lowest BCUT2D eigenvalue weighted by molar-refractivity contribution is -0.138. The number of aromatic nitrogens is 1. The van der Waals surface area contributed by atoms with Gasteiger partial charge in [-0.05, 0) is 18.6 Å². The van der Waals surface area contributed by atoms with E-state index in [1.165, 1.54) is 0 Å². The Morgan fingerprint density at radius 2 is 2.31 bits per heavy atom. The van der Waals surface area contributed by atoms with Gasteiger partial charge in [-0.2, -0.15) is 0 Å². The molecule has 0 bridgehead atoms. The molecule has 0 amide bonds. The van der Waals surface area contributed by atoms with Crippen LogP contribution in [0, 0.1) is 6.92 Å². The smallest absolute Gasteiger partial charge is 0.325 e. The van der Waals surface area contributed by atoms with E-state index >= 15 is 0 Å². The number of hydrogen-bond acceptors (Lipinski definition) is 4. The molecule has 0 unspecified atom stereocenters. The fraction of sp³-hybridized carbons (Fsp3) is 0.250. The molecule has 5 heteroatoms. The van der Waals surface area contributed by atoms with Crippen molar-refractivity contribution in [2.75, 3.05) is 5.73 Å². The van der Waals surface area contributed by atoms with Gasteiger partial charge in [0.15, 0.2) is 0 Å². The van der Waals surface area contributed by atoms with Gasteiger partial charge < -0.3 is 16.6 Å². The third-order valence-electron chi connectivity index (χ3n) is 1.69. The van der Waals surface area contributed by atoms with Gasteiger partial charge in [0, 0.05) is 11.8 Å². The summed E-state index contributed by atoms with van der Waals surface area (Å²) < 4.78 is 0. The number of nitrogens with two attached hydrogens (primary N) is 2. The van der Waals surface area contributed by atoms with Gasteiger partial charge in [-0.3, -0.25) is 4.79 Å². The summed E-state index contributed by atoms with van der Waals surface area (Å²) in [5.41, 5.74) is 12.0. The Morgan fingerprint density at radius 1 is 1.69 bits per heavy atom. The lowest BCUT2D eigenvalue weighted by Gasteiger charge is -2.09. The van der Waals surface area contributed by atoms with Crippen molar-refractivity contribution < 1.29 is 9.90 Å². The van der Waals surface area contributed by atoms with Crippen molar-refractivity contribution in [1.82, 2.24) is 4.98 Å². The zero-order chi connectivity index (χ0) is 10.0. The van der Waals surface area contributed by atoms with E-state index in [4.69, 9.17) is 16.6 Å². The fourth-order valence-electron chi connectivity index (χ4n) is 0.985. The molecule has 5 nitrogen and oxygen atoms in total. The molecule has 0 fully saturated rings. The van der Waals surface area contributed by atoms with E-state index in [-0.39, 0.29) is 5.82 Å². The van der Waals surface area contributed by atoms with E-state index in [1.807, 2.05) is 0 Å². The third kappa shape index (κ3) is 1.94. The average Bonchev–Trinajstić information content (AvgIpc) is 2.08. The summed E-state index contributed by atoms with van der Waals surface area (Å²) in [5.74, 6) is -0.945. The van der Waals surface area contributed by atoms with Crippen molar-refractivity contribution in [2.45, 2.75) is 13.0 Å². The largest absolute Gasteiger partial charge is 0.480 e. The lowest BCUT2D eigenvalue weighted by Crippen LogP contribution is -2.22. The highest BCUT2D eigenvalue weighted by Crippen LogP contribution is 2.17. The monoisotopic (exact) mass is 181 g/mol. The molecule has 0 aliphatic carbocycles. The molecular weight excluding hydrogens is 170 g/mol. The number of aryl methyl sites for hydroxylation is 1. The lowest BCUT2D eigenvalue weighted by atomic mass is 10.1. The van der Waals surface area contributed by atoms with Crippen molar-refractivity contribution in [2.24, 2.45) is 5.73 Å². The first-order valence-electron chi connectivity index (χ1n) is 3.72. The Bertz CT molecular complexity index is 338.